The summed E-state index contributed by atoms with van der Waals surface area (Å²) in [6.07, 6.45) is 8.88. The molecule has 2 aromatic heterocycles. The van der Waals surface area contributed by atoms with E-state index in [2.05, 4.69) is 74.3 Å². The Balaban J connectivity index is 1.19. The number of nitrogens with two attached hydrogens (primary N) is 2. The molecule has 2 aliphatic heterocycles. The average molecular weight is 815 g/mol. The van der Waals surface area contributed by atoms with Gasteiger partial charge in [-0.05, 0) is 92.9 Å². The molecular weight excluding hydrogens is 753 g/mol. The van der Waals surface area contributed by atoms with Gasteiger partial charge in [0.15, 0.2) is 0 Å². The van der Waals surface area contributed by atoms with E-state index in [0.29, 0.717) is 32.5 Å². The van der Waals surface area contributed by atoms with Crippen LogP contribution < -0.4 is 22.1 Å². The van der Waals surface area contributed by atoms with E-state index in [-0.39, 0.29) is 53.5 Å². The fourth-order valence-electron chi connectivity index (χ4n) is 8.87. The Morgan fingerprint density at radius 1 is 0.767 bits per heavy atom. The van der Waals surface area contributed by atoms with E-state index in [1.165, 1.54) is 0 Å². The zero-order valence-electron chi connectivity index (χ0n) is 36.0. The molecule has 60 heavy (non-hydrogen) atoms. The van der Waals surface area contributed by atoms with Crippen LogP contribution >= 0.6 is 0 Å². The van der Waals surface area contributed by atoms with Gasteiger partial charge >= 0.3 is 0 Å². The Kier molecular flexibility index (Phi) is 14.4. The molecule has 0 saturated carbocycles. The monoisotopic (exact) mass is 814 g/mol. The molecule has 4 aromatic rings. The Labute approximate surface area is 354 Å². The SMILES string of the molecule is CC(N)C(=O)NC(C(=O)N1CCCC1Cc1cn(CC#CC#CCC(c2c[nH]c3ccccc23)C2CCCN2C(=O)C(NC(=O)C(C)N)C(C)C)c2ccccc12)C(C)C. The first kappa shape index (κ1) is 44.0. The number of hydrogen-bond acceptors (Lipinski definition) is 6. The third kappa shape index (κ3) is 9.89. The van der Waals surface area contributed by atoms with E-state index in [4.69, 9.17) is 11.5 Å². The molecule has 0 radical (unpaired) electrons. The van der Waals surface area contributed by atoms with Crippen LogP contribution in [-0.4, -0.2) is 92.3 Å². The first-order chi connectivity index (χ1) is 28.8. The smallest absolute Gasteiger partial charge is 0.245 e. The Morgan fingerprint density at radius 3 is 2.02 bits per heavy atom. The zero-order chi connectivity index (χ0) is 43.1. The first-order valence-corrected chi connectivity index (χ1v) is 21.6. The van der Waals surface area contributed by atoms with Crippen molar-refractivity contribution in [1.29, 1.82) is 0 Å². The van der Waals surface area contributed by atoms with E-state index in [1.54, 1.807) is 13.8 Å². The molecule has 4 amide bonds. The highest BCUT2D eigenvalue weighted by Crippen LogP contribution is 2.38. The predicted octanol–water partition coefficient (Wildman–Crippen LogP) is 4.80. The second-order valence-electron chi connectivity index (χ2n) is 17.3. The van der Waals surface area contributed by atoms with Crippen LogP contribution in [0.15, 0.2) is 60.9 Å². The van der Waals surface area contributed by atoms with Gasteiger partial charge in [0.05, 0.1) is 18.6 Å². The second-order valence-corrected chi connectivity index (χ2v) is 17.3. The van der Waals surface area contributed by atoms with Crippen molar-refractivity contribution >= 4 is 45.4 Å². The summed E-state index contributed by atoms with van der Waals surface area (Å²) in [4.78, 5) is 60.4. The van der Waals surface area contributed by atoms with Gasteiger partial charge in [-0.3, -0.25) is 19.2 Å². The number of carbonyl (C=O) groups is 4. The van der Waals surface area contributed by atoms with E-state index in [0.717, 1.165) is 58.6 Å². The van der Waals surface area contributed by atoms with Crippen molar-refractivity contribution in [1.82, 2.24) is 30.0 Å². The maximum absolute atomic E-state index is 14.2. The fraction of sp³-hybridized carbons (Fsp3) is 0.500. The quantitative estimate of drug-likeness (QED) is 0.115. The Bertz CT molecular complexity index is 2300. The third-order valence-corrected chi connectivity index (χ3v) is 12.2. The van der Waals surface area contributed by atoms with Crippen LogP contribution in [0.1, 0.15) is 90.7 Å². The number of rotatable bonds is 14. The molecule has 12 heteroatoms. The maximum Gasteiger partial charge on any atom is 0.245 e. The molecule has 7 unspecified atom stereocenters. The van der Waals surface area contributed by atoms with Crippen LogP contribution in [0.25, 0.3) is 21.8 Å². The summed E-state index contributed by atoms with van der Waals surface area (Å²) in [7, 11) is 0. The molecule has 2 fully saturated rings. The van der Waals surface area contributed by atoms with Gasteiger partial charge < -0.3 is 41.5 Å². The minimum Gasteiger partial charge on any atom is -0.361 e. The normalized spacial score (nSPS) is 19.0. The molecule has 6 rings (SSSR count). The molecule has 4 heterocycles. The van der Waals surface area contributed by atoms with Crippen molar-refractivity contribution in [2.45, 2.75) is 129 Å². The lowest BCUT2D eigenvalue weighted by Crippen LogP contribution is -2.55. The molecule has 0 spiro atoms. The lowest BCUT2D eigenvalue weighted by atomic mass is 9.86. The summed E-state index contributed by atoms with van der Waals surface area (Å²) >= 11 is 0. The van der Waals surface area contributed by atoms with Gasteiger partial charge in [0.25, 0.3) is 0 Å². The van der Waals surface area contributed by atoms with Crippen molar-refractivity contribution < 1.29 is 19.2 Å². The highest BCUT2D eigenvalue weighted by molar-refractivity contribution is 5.91. The second kappa shape index (κ2) is 19.7. The van der Waals surface area contributed by atoms with E-state index < -0.39 is 24.2 Å². The number of benzene rings is 2. The van der Waals surface area contributed by atoms with Gasteiger partial charge in [0.1, 0.15) is 12.1 Å². The van der Waals surface area contributed by atoms with Crippen LogP contribution in [-0.2, 0) is 32.1 Å². The summed E-state index contributed by atoms with van der Waals surface area (Å²) < 4.78 is 2.15. The van der Waals surface area contributed by atoms with E-state index >= 15 is 0 Å². The number of nitrogens with zero attached hydrogens (tertiary/aromatic N) is 3. The molecule has 7 N–H and O–H groups in total. The fourth-order valence-corrected chi connectivity index (χ4v) is 8.87. The van der Waals surface area contributed by atoms with Gasteiger partial charge in [-0.2, -0.15) is 0 Å². The zero-order valence-corrected chi connectivity index (χ0v) is 36.0. The summed E-state index contributed by atoms with van der Waals surface area (Å²) in [5.74, 6) is 11.8. The maximum atomic E-state index is 14.2. The standard InChI is InChI=1S/C48H62N8O4/c1-30(2)43(52-45(57)32(5)49)47(59)55-25-15-17-35(55)27-34-29-54(41-22-13-11-18-36(34)41)24-14-8-7-9-20-38(39-28-51-40-21-12-10-19-37(39)40)42-23-16-26-56(42)48(60)44(31(3)4)53-46(58)33(6)50/h10-13,18-19,21-22,28-33,35,38,42-44,51H,15-17,20,23-27,49-50H2,1-6H3,(H,52,57)(H,53,58). The number of carbonyl (C=O) groups excluding carboxylic acids is 4. The Morgan fingerprint density at radius 2 is 1.35 bits per heavy atom. The number of aromatic amines is 1. The number of nitrogens with one attached hydrogen (secondary N) is 3. The van der Waals surface area contributed by atoms with Crippen LogP contribution in [0.5, 0.6) is 0 Å². The topological polar surface area (TPSA) is 172 Å². The molecule has 2 aliphatic rings. The van der Waals surface area contributed by atoms with Gasteiger partial charge in [-0.15, -0.1) is 0 Å². The highest BCUT2D eigenvalue weighted by Gasteiger charge is 2.40. The highest BCUT2D eigenvalue weighted by atomic mass is 16.2. The number of hydrogen-bond donors (Lipinski definition) is 5. The lowest BCUT2D eigenvalue weighted by Gasteiger charge is -2.35. The molecule has 0 bridgehead atoms. The molecule has 0 aliphatic carbocycles. The molecule has 2 saturated heterocycles. The average Bonchev–Trinajstić information content (AvgIpc) is 4.05. The van der Waals surface area contributed by atoms with Gasteiger partial charge in [0, 0.05) is 71.7 Å². The van der Waals surface area contributed by atoms with Crippen LogP contribution in [0.3, 0.4) is 0 Å². The summed E-state index contributed by atoms with van der Waals surface area (Å²) in [6, 6.07) is 13.7. The molecule has 7 atom stereocenters. The van der Waals surface area contributed by atoms with E-state index in [1.807, 2.05) is 68.0 Å². The Hall–Kier alpha value is -5.56. The van der Waals surface area contributed by atoms with Crippen molar-refractivity contribution in [3.05, 3.63) is 72.1 Å². The lowest BCUT2D eigenvalue weighted by molar-refractivity contribution is -0.139. The molecule has 2 aromatic carbocycles. The van der Waals surface area contributed by atoms with Gasteiger partial charge in [0.2, 0.25) is 23.6 Å². The largest absolute Gasteiger partial charge is 0.361 e. The number of fused-ring (bicyclic) bond motifs is 2. The number of amides is 4. The van der Waals surface area contributed by atoms with Crippen molar-refractivity contribution in [2.75, 3.05) is 13.1 Å². The number of para-hydroxylation sites is 2. The minimum atomic E-state index is -0.714. The number of aromatic nitrogens is 2. The number of likely N-dealkylation sites (tertiary alicyclic amines) is 2. The van der Waals surface area contributed by atoms with Crippen molar-refractivity contribution in [3.8, 4) is 23.7 Å². The first-order valence-electron chi connectivity index (χ1n) is 21.6. The van der Waals surface area contributed by atoms with Crippen LogP contribution in [0, 0.1) is 35.5 Å². The van der Waals surface area contributed by atoms with E-state index in [9.17, 15) is 19.2 Å². The minimum absolute atomic E-state index is 0.0167. The summed E-state index contributed by atoms with van der Waals surface area (Å²) in [5.41, 5.74) is 16.0. The predicted molar refractivity (Wildman–Crippen MR) is 237 cm³/mol. The van der Waals surface area contributed by atoms with Crippen LogP contribution in [0.4, 0.5) is 0 Å². The third-order valence-electron chi connectivity index (χ3n) is 12.2. The molecule has 318 valence electrons. The van der Waals surface area contributed by atoms with Crippen molar-refractivity contribution in [3.63, 3.8) is 0 Å². The van der Waals surface area contributed by atoms with Crippen molar-refractivity contribution in [2.24, 2.45) is 23.3 Å². The number of H-pyrrole nitrogens is 1. The molecule has 12 nitrogen and oxygen atoms in total. The molecular formula is C48H62N8O4. The summed E-state index contributed by atoms with van der Waals surface area (Å²) in [6.45, 7) is 12.7. The summed E-state index contributed by atoms with van der Waals surface area (Å²) in [5, 5.41) is 8.03. The van der Waals surface area contributed by atoms with Crippen LogP contribution in [0.2, 0.25) is 0 Å². The van der Waals surface area contributed by atoms with Gasteiger partial charge in [-0.1, -0.05) is 75.9 Å². The van der Waals surface area contributed by atoms with Gasteiger partial charge in [-0.25, -0.2) is 0 Å².